The molecule has 4 fully saturated rings. The Hall–Kier alpha value is -3.87. The summed E-state index contributed by atoms with van der Waals surface area (Å²) in [4.78, 5) is 51.1. The van der Waals surface area contributed by atoms with Crippen LogP contribution in [0.15, 0.2) is 24.3 Å². The van der Waals surface area contributed by atoms with E-state index in [0.29, 0.717) is 12.4 Å². The van der Waals surface area contributed by atoms with Crippen molar-refractivity contribution in [3.05, 3.63) is 29.8 Å². The van der Waals surface area contributed by atoms with Gasteiger partial charge in [0.2, 0.25) is 17.7 Å². The number of nitrogens with one attached hydrogen (secondary N) is 4. The molecule has 5 rings (SSSR count). The molecule has 30 heteroatoms. The van der Waals surface area contributed by atoms with E-state index in [9.17, 15) is 78.1 Å². The zero-order valence-electron chi connectivity index (χ0n) is 43.8. The predicted molar refractivity (Wildman–Crippen MR) is 264 cm³/mol. The van der Waals surface area contributed by atoms with Gasteiger partial charge >= 0.3 is 10.4 Å². The Balaban J connectivity index is 1.34. The van der Waals surface area contributed by atoms with Crippen LogP contribution in [0.2, 0.25) is 0 Å². The van der Waals surface area contributed by atoms with Gasteiger partial charge in [0, 0.05) is 26.3 Å². The van der Waals surface area contributed by atoms with E-state index in [4.69, 9.17) is 37.9 Å². The van der Waals surface area contributed by atoms with E-state index in [1.54, 1.807) is 12.1 Å². The standard InChI is InChI=1S/C48H78N4O25S/c1-5-6-7-8-9-10-11-12-13-17-69-27-16-14-15-26(18-27)44(64)52-33-37(60)36(59)28(19-53)72-46(33)75-41-29(20-54)73-47(34(39(41)62)50-24(3)57)76-42-30(21-55)74-48(35(40(42)63)51-25(4)58)77-43-31(22-70-78(66,67)68)71-45(65)32(38(43)61)49-23(2)56/h14-16,18,28-43,45-48,53-55,59-63,65H,5-13,17,19-22H2,1-4H3,(H,49,56)(H,50,57)(H,51,58)(H,52,64)(H,66,67,68)/t28?,29-,30?,31-,32?,33?,34?,35?,36+,37+,38?,39?,40+,41+,42+,43+,45+,46-,47-,48-/m0/s1. The van der Waals surface area contributed by atoms with Gasteiger partial charge in [0.05, 0.1) is 33.0 Å². The van der Waals surface area contributed by atoms with E-state index < -0.39 is 183 Å². The Morgan fingerprint density at radius 2 is 0.987 bits per heavy atom. The lowest BCUT2D eigenvalue weighted by molar-refractivity contribution is -0.361. The molecule has 1 aromatic carbocycles. The first-order chi connectivity index (χ1) is 37.0. The molecule has 20 atom stereocenters. The topological polar surface area (TPSA) is 436 Å². The van der Waals surface area contributed by atoms with Crippen LogP contribution >= 0.6 is 0 Å². The molecule has 8 unspecified atom stereocenters. The van der Waals surface area contributed by atoms with E-state index in [2.05, 4.69) is 32.4 Å². The van der Waals surface area contributed by atoms with Gasteiger partial charge in [-0.05, 0) is 24.6 Å². The third-order valence-corrected chi connectivity index (χ3v) is 14.0. The highest BCUT2D eigenvalue weighted by molar-refractivity contribution is 7.80. The summed E-state index contributed by atoms with van der Waals surface area (Å²) in [5.41, 5.74) is 0.0727. The molecular formula is C48H78N4O25S. The number of carbonyl (C=O) groups is 4. The summed E-state index contributed by atoms with van der Waals surface area (Å²) in [6.07, 6.45) is -19.4. The highest BCUT2D eigenvalue weighted by Gasteiger charge is 2.56. The van der Waals surface area contributed by atoms with Gasteiger partial charge in [-0.25, -0.2) is 4.18 Å². The smallest absolute Gasteiger partial charge is 0.397 e. The van der Waals surface area contributed by atoms with Crippen LogP contribution in [0, 0.1) is 0 Å². The van der Waals surface area contributed by atoms with Crippen molar-refractivity contribution in [2.45, 2.75) is 208 Å². The molecule has 4 amide bonds. The van der Waals surface area contributed by atoms with Gasteiger partial charge in [-0.3, -0.25) is 23.7 Å². The van der Waals surface area contributed by atoms with Crippen molar-refractivity contribution >= 4 is 34.0 Å². The molecule has 29 nitrogen and oxygen atoms in total. The third kappa shape index (κ3) is 18.1. The summed E-state index contributed by atoms with van der Waals surface area (Å²) < 4.78 is 84.0. The number of ether oxygens (including phenoxy) is 8. The third-order valence-electron chi connectivity index (χ3n) is 13.6. The molecule has 78 heavy (non-hydrogen) atoms. The van der Waals surface area contributed by atoms with Gasteiger partial charge in [0.15, 0.2) is 25.2 Å². The quantitative estimate of drug-likeness (QED) is 0.0280. The van der Waals surface area contributed by atoms with Crippen molar-refractivity contribution in [2.75, 3.05) is 33.0 Å². The van der Waals surface area contributed by atoms with Crippen molar-refractivity contribution < 1.29 is 120 Å². The number of carbonyl (C=O) groups excluding carboxylic acids is 4. The first-order valence-corrected chi connectivity index (χ1v) is 27.3. The van der Waals surface area contributed by atoms with Crippen LogP contribution in [-0.2, 0) is 62.1 Å². The molecule has 4 saturated heterocycles. The molecule has 446 valence electrons. The number of benzene rings is 1. The number of hydrogen-bond acceptors (Lipinski definition) is 24. The number of aliphatic hydroxyl groups excluding tert-OH is 9. The average Bonchev–Trinajstić information content (AvgIpc) is 3.47. The molecule has 0 bridgehead atoms. The first-order valence-electron chi connectivity index (χ1n) is 26.0. The Morgan fingerprint density at radius 3 is 1.46 bits per heavy atom. The molecule has 14 N–H and O–H groups in total. The molecule has 0 saturated carbocycles. The van der Waals surface area contributed by atoms with Crippen LogP contribution in [0.5, 0.6) is 5.75 Å². The SMILES string of the molecule is CCCCCCCCCCCOc1cccc(C(=O)NC2[C@H](O[C@H]3C(O)C(NC(C)=O)[C@H](O[C@@H]4C(CO)O[C@@H](O[C@H]5C(O)C(NC(C)=O)[C@H](O)O[C@H]5COS(=O)(=O)O)C(NC(C)=O)[C@H]4O)O[C@H]3CO)OC(CO)[C@@H](O)[C@@H]2O)c1. The summed E-state index contributed by atoms with van der Waals surface area (Å²) in [5.74, 6) is -2.81. The maximum atomic E-state index is 13.8. The van der Waals surface area contributed by atoms with Gasteiger partial charge in [-0.1, -0.05) is 64.4 Å². The van der Waals surface area contributed by atoms with Crippen LogP contribution in [-0.4, -0.2) is 238 Å². The predicted octanol–water partition coefficient (Wildman–Crippen LogP) is -4.14. The zero-order chi connectivity index (χ0) is 57.4. The largest absolute Gasteiger partial charge is 0.494 e. The van der Waals surface area contributed by atoms with E-state index >= 15 is 0 Å². The Morgan fingerprint density at radius 1 is 0.551 bits per heavy atom. The second-order valence-corrected chi connectivity index (χ2v) is 20.7. The van der Waals surface area contributed by atoms with E-state index in [-0.39, 0.29) is 5.56 Å². The van der Waals surface area contributed by atoms with E-state index in [0.717, 1.165) is 46.5 Å². The molecular weight excluding hydrogens is 1060 g/mol. The van der Waals surface area contributed by atoms with Gasteiger partial charge in [0.25, 0.3) is 5.91 Å². The van der Waals surface area contributed by atoms with Crippen LogP contribution in [0.1, 0.15) is 95.8 Å². The molecule has 4 aliphatic rings. The minimum Gasteiger partial charge on any atom is -0.494 e. The van der Waals surface area contributed by atoms with Crippen molar-refractivity contribution in [1.29, 1.82) is 0 Å². The molecule has 4 heterocycles. The maximum Gasteiger partial charge on any atom is 0.397 e. The van der Waals surface area contributed by atoms with Crippen molar-refractivity contribution in [1.82, 2.24) is 21.3 Å². The summed E-state index contributed by atoms with van der Waals surface area (Å²) in [6.45, 7) is 1.68. The van der Waals surface area contributed by atoms with Gasteiger partial charge in [0.1, 0.15) is 103 Å². The van der Waals surface area contributed by atoms with Crippen molar-refractivity contribution in [3.8, 4) is 5.75 Å². The van der Waals surface area contributed by atoms with Crippen molar-refractivity contribution in [2.24, 2.45) is 0 Å². The lowest BCUT2D eigenvalue weighted by Gasteiger charge is -2.51. The number of unbranched alkanes of at least 4 members (excludes halogenated alkanes) is 8. The first kappa shape index (κ1) is 64.9. The molecule has 0 aliphatic carbocycles. The van der Waals surface area contributed by atoms with Crippen LogP contribution in [0.3, 0.4) is 0 Å². The van der Waals surface area contributed by atoms with Crippen LogP contribution in [0.25, 0.3) is 0 Å². The molecule has 0 spiro atoms. The second-order valence-electron chi connectivity index (χ2n) is 19.6. The normalized spacial score (nSPS) is 35.3. The highest BCUT2D eigenvalue weighted by atomic mass is 32.3. The number of hydrogen-bond donors (Lipinski definition) is 14. The number of rotatable bonds is 28. The van der Waals surface area contributed by atoms with E-state index in [1.165, 1.54) is 44.2 Å². The average molecular weight is 1140 g/mol. The zero-order valence-corrected chi connectivity index (χ0v) is 44.6. The van der Waals surface area contributed by atoms with Crippen LogP contribution < -0.4 is 26.0 Å². The molecule has 4 aliphatic heterocycles. The number of aliphatic hydroxyl groups is 9. The Labute approximate surface area is 451 Å². The lowest BCUT2D eigenvalue weighted by Crippen LogP contribution is -2.71. The van der Waals surface area contributed by atoms with Crippen molar-refractivity contribution in [3.63, 3.8) is 0 Å². The summed E-state index contributed by atoms with van der Waals surface area (Å²) in [7, 11) is -5.16. The summed E-state index contributed by atoms with van der Waals surface area (Å²) in [6, 6.07) is -0.593. The summed E-state index contributed by atoms with van der Waals surface area (Å²) >= 11 is 0. The molecule has 1 aromatic rings. The van der Waals surface area contributed by atoms with Crippen LogP contribution in [0.4, 0.5) is 0 Å². The van der Waals surface area contributed by atoms with E-state index in [1.807, 2.05) is 0 Å². The molecule has 0 radical (unpaired) electrons. The lowest BCUT2D eigenvalue weighted by atomic mass is 9.93. The minimum absolute atomic E-state index is 0.0727. The maximum absolute atomic E-state index is 13.8. The second kappa shape index (κ2) is 30.8. The Bertz CT molecular complexity index is 2170. The number of amides is 4. The van der Waals surface area contributed by atoms with Gasteiger partial charge < -0.3 is 105 Å². The minimum atomic E-state index is -5.16. The fourth-order valence-electron chi connectivity index (χ4n) is 9.64. The summed E-state index contributed by atoms with van der Waals surface area (Å²) in [5, 5.41) is 109. The molecule has 0 aromatic heterocycles. The Kier molecular flexibility index (Phi) is 25.7. The highest BCUT2D eigenvalue weighted by Crippen LogP contribution is 2.35. The monoisotopic (exact) mass is 1140 g/mol. The fourth-order valence-corrected chi connectivity index (χ4v) is 9.95. The van der Waals surface area contributed by atoms with Gasteiger partial charge in [-0.15, -0.1) is 0 Å². The van der Waals surface area contributed by atoms with Gasteiger partial charge in [-0.2, -0.15) is 8.42 Å². The fraction of sp³-hybridized carbons (Fsp3) is 0.792.